The fraction of sp³-hybridized carbons (Fsp3) is 0. The van der Waals surface area contributed by atoms with Crippen LogP contribution in [0.3, 0.4) is 0 Å². The summed E-state index contributed by atoms with van der Waals surface area (Å²) in [4.78, 5) is 18.5. The highest BCUT2D eigenvalue weighted by atomic mass is 16.4. The minimum atomic E-state index is -0.997. The second kappa shape index (κ2) is 6.52. The van der Waals surface area contributed by atoms with E-state index in [1.54, 1.807) is 42.5 Å². The Labute approximate surface area is 141 Å². The molecule has 0 radical (unpaired) electrons. The summed E-state index contributed by atoms with van der Waals surface area (Å²) in [5.41, 5.74) is 5.24. The van der Waals surface area contributed by atoms with Crippen LogP contribution < -0.4 is 5.43 Å². The maximum Gasteiger partial charge on any atom is 0.335 e. The number of aromatic amines is 1. The molecular formula is C17H10N6O2. The number of aromatic carboxylic acids is 1. The third-order valence-corrected chi connectivity index (χ3v) is 3.40. The van der Waals surface area contributed by atoms with Gasteiger partial charge in [0, 0.05) is 5.56 Å². The number of carboxylic acid groups (broad SMARTS) is 1. The second-order valence-electron chi connectivity index (χ2n) is 5.00. The molecule has 0 bridgehead atoms. The first-order valence-electron chi connectivity index (χ1n) is 7.08. The van der Waals surface area contributed by atoms with E-state index in [4.69, 9.17) is 15.6 Å². The zero-order chi connectivity index (χ0) is 17.8. The molecule has 3 aromatic rings. The van der Waals surface area contributed by atoms with Crippen molar-refractivity contribution in [3.63, 3.8) is 0 Å². The van der Waals surface area contributed by atoms with Crippen molar-refractivity contribution in [2.75, 3.05) is 5.43 Å². The monoisotopic (exact) mass is 330 g/mol. The van der Waals surface area contributed by atoms with E-state index in [1.807, 2.05) is 0 Å². The minimum absolute atomic E-state index is 0.186. The first-order chi connectivity index (χ1) is 12.1. The number of nitrogens with zero attached hydrogens (tertiary/aromatic N) is 4. The van der Waals surface area contributed by atoms with Gasteiger partial charge in [-0.05, 0) is 42.5 Å². The largest absolute Gasteiger partial charge is 0.478 e. The predicted molar refractivity (Wildman–Crippen MR) is 90.8 cm³/mol. The van der Waals surface area contributed by atoms with Gasteiger partial charge in [0.1, 0.15) is 18.0 Å². The van der Waals surface area contributed by atoms with Crippen molar-refractivity contribution in [2.45, 2.75) is 0 Å². The molecule has 0 atom stereocenters. The van der Waals surface area contributed by atoms with Gasteiger partial charge < -0.3 is 10.1 Å². The van der Waals surface area contributed by atoms with Gasteiger partial charge in [0.15, 0.2) is 0 Å². The van der Waals surface area contributed by atoms with E-state index >= 15 is 0 Å². The fourth-order valence-corrected chi connectivity index (χ4v) is 2.18. The van der Waals surface area contributed by atoms with Crippen LogP contribution in [0.2, 0.25) is 0 Å². The summed E-state index contributed by atoms with van der Waals surface area (Å²) in [6.07, 6.45) is 0. The first-order valence-corrected chi connectivity index (χ1v) is 7.08. The molecule has 0 aliphatic carbocycles. The number of H-pyrrole nitrogens is 1. The molecule has 0 aliphatic rings. The maximum atomic E-state index is 11.0. The van der Waals surface area contributed by atoms with E-state index in [1.165, 1.54) is 12.1 Å². The minimum Gasteiger partial charge on any atom is -0.478 e. The van der Waals surface area contributed by atoms with Crippen molar-refractivity contribution in [1.29, 1.82) is 10.5 Å². The number of fused-ring (bicyclic) bond motifs is 1. The second-order valence-corrected chi connectivity index (χ2v) is 5.00. The molecule has 8 heteroatoms. The normalized spacial score (nSPS) is 9.84. The van der Waals surface area contributed by atoms with Gasteiger partial charge in [-0.1, -0.05) is 0 Å². The van der Waals surface area contributed by atoms with Crippen LogP contribution in [0.1, 0.15) is 10.4 Å². The Morgan fingerprint density at radius 3 is 2.52 bits per heavy atom. The van der Waals surface area contributed by atoms with Crippen LogP contribution in [0.4, 0.5) is 5.69 Å². The van der Waals surface area contributed by atoms with Crippen molar-refractivity contribution in [3.05, 3.63) is 48.0 Å². The summed E-state index contributed by atoms with van der Waals surface area (Å²) in [5.74, 6) is -0.398. The fourth-order valence-electron chi connectivity index (χ4n) is 2.18. The summed E-state index contributed by atoms with van der Waals surface area (Å²) in [6, 6.07) is 15.0. The average Bonchev–Trinajstić information content (AvgIpc) is 3.06. The highest BCUT2D eigenvalue weighted by Gasteiger charge is 2.09. The number of nitriles is 2. The van der Waals surface area contributed by atoms with E-state index in [9.17, 15) is 4.79 Å². The molecule has 0 spiro atoms. The Kier molecular flexibility index (Phi) is 4.10. The number of carboxylic acids is 1. The summed E-state index contributed by atoms with van der Waals surface area (Å²) in [6.45, 7) is 0. The highest BCUT2D eigenvalue weighted by Crippen LogP contribution is 2.23. The van der Waals surface area contributed by atoms with Crippen LogP contribution in [-0.2, 0) is 0 Å². The van der Waals surface area contributed by atoms with Gasteiger partial charge in [0.25, 0.3) is 0 Å². The number of aromatic nitrogens is 2. The lowest BCUT2D eigenvalue weighted by molar-refractivity contribution is 0.0697. The van der Waals surface area contributed by atoms with Gasteiger partial charge in [-0.15, -0.1) is 0 Å². The van der Waals surface area contributed by atoms with Gasteiger partial charge in [-0.25, -0.2) is 9.78 Å². The van der Waals surface area contributed by atoms with Crippen molar-refractivity contribution < 1.29 is 9.90 Å². The van der Waals surface area contributed by atoms with Crippen molar-refractivity contribution in [2.24, 2.45) is 5.10 Å². The standard InChI is InChI=1S/C17H10N6O2/c18-8-13(9-19)23-22-12-4-1-10(2-5-12)16-20-14-6-3-11(17(24)25)7-15(14)21-16/h1-7,22H,(H,20,21)(H,24,25). The Balaban J connectivity index is 1.86. The molecule has 0 saturated carbocycles. The lowest BCUT2D eigenvalue weighted by Crippen LogP contribution is -1.96. The van der Waals surface area contributed by atoms with Gasteiger partial charge in [-0.3, -0.25) is 5.43 Å². The number of carbonyl (C=O) groups is 1. The number of imidazole rings is 1. The molecule has 1 heterocycles. The molecule has 120 valence electrons. The van der Waals surface area contributed by atoms with Crippen molar-refractivity contribution in [1.82, 2.24) is 9.97 Å². The molecule has 3 N–H and O–H groups in total. The number of benzene rings is 2. The molecule has 2 aromatic carbocycles. The van der Waals surface area contributed by atoms with Crippen LogP contribution in [0, 0.1) is 22.7 Å². The number of hydrazone groups is 1. The van der Waals surface area contributed by atoms with E-state index in [0.29, 0.717) is 22.5 Å². The van der Waals surface area contributed by atoms with Crippen molar-refractivity contribution in [3.8, 4) is 23.5 Å². The number of hydrogen-bond donors (Lipinski definition) is 3. The zero-order valence-corrected chi connectivity index (χ0v) is 12.7. The maximum absolute atomic E-state index is 11.0. The Bertz CT molecular complexity index is 1050. The highest BCUT2D eigenvalue weighted by molar-refractivity contribution is 6.10. The van der Waals surface area contributed by atoms with Crippen LogP contribution >= 0.6 is 0 Å². The molecule has 3 rings (SSSR count). The SMILES string of the molecule is N#CC(C#N)=NNc1ccc(-c2nc3ccc(C(=O)O)cc3[nH]2)cc1. The quantitative estimate of drug-likeness (QED) is 0.496. The smallest absolute Gasteiger partial charge is 0.335 e. The zero-order valence-electron chi connectivity index (χ0n) is 12.7. The average molecular weight is 330 g/mol. The van der Waals surface area contributed by atoms with Crippen LogP contribution in [-0.4, -0.2) is 26.8 Å². The summed E-state index contributed by atoms with van der Waals surface area (Å²) in [5, 5.41) is 29.9. The summed E-state index contributed by atoms with van der Waals surface area (Å²) < 4.78 is 0. The molecule has 25 heavy (non-hydrogen) atoms. The third-order valence-electron chi connectivity index (χ3n) is 3.40. The Hall–Kier alpha value is -4.17. The Morgan fingerprint density at radius 2 is 1.88 bits per heavy atom. The molecule has 0 fully saturated rings. The van der Waals surface area contributed by atoms with Crippen LogP contribution in [0.25, 0.3) is 22.4 Å². The van der Waals surface area contributed by atoms with E-state index in [0.717, 1.165) is 5.56 Å². The van der Waals surface area contributed by atoms with Crippen molar-refractivity contribution >= 4 is 28.4 Å². The van der Waals surface area contributed by atoms with Crippen LogP contribution in [0.5, 0.6) is 0 Å². The third kappa shape index (κ3) is 3.28. The molecular weight excluding hydrogens is 320 g/mol. The molecule has 8 nitrogen and oxygen atoms in total. The predicted octanol–water partition coefficient (Wildman–Crippen LogP) is 2.74. The van der Waals surface area contributed by atoms with Crippen LogP contribution in [0.15, 0.2) is 47.6 Å². The van der Waals surface area contributed by atoms with Gasteiger partial charge in [-0.2, -0.15) is 15.6 Å². The molecule has 0 saturated heterocycles. The van der Waals surface area contributed by atoms with E-state index in [2.05, 4.69) is 20.5 Å². The summed E-state index contributed by atoms with van der Waals surface area (Å²) in [7, 11) is 0. The van der Waals surface area contributed by atoms with Gasteiger partial charge in [0.2, 0.25) is 5.71 Å². The van der Waals surface area contributed by atoms with E-state index < -0.39 is 5.97 Å². The molecule has 0 amide bonds. The lowest BCUT2D eigenvalue weighted by atomic mass is 10.2. The van der Waals surface area contributed by atoms with Gasteiger partial charge >= 0.3 is 5.97 Å². The Morgan fingerprint density at radius 1 is 1.16 bits per heavy atom. The first kappa shape index (κ1) is 15.7. The molecule has 0 unspecified atom stereocenters. The molecule has 0 aliphatic heterocycles. The molecule has 1 aromatic heterocycles. The number of hydrogen-bond acceptors (Lipinski definition) is 6. The van der Waals surface area contributed by atoms with E-state index in [-0.39, 0.29) is 11.3 Å². The number of nitrogens with one attached hydrogen (secondary N) is 2. The summed E-state index contributed by atoms with van der Waals surface area (Å²) >= 11 is 0. The lowest BCUT2D eigenvalue weighted by Gasteiger charge is -2.01. The topological polar surface area (TPSA) is 138 Å². The number of rotatable bonds is 4. The number of anilines is 1. The van der Waals surface area contributed by atoms with Gasteiger partial charge in [0.05, 0.1) is 22.3 Å².